The highest BCUT2D eigenvalue weighted by Gasteiger charge is 2.19. The minimum absolute atomic E-state index is 0.238. The summed E-state index contributed by atoms with van der Waals surface area (Å²) >= 11 is 7.51. The lowest BCUT2D eigenvalue weighted by atomic mass is 9.99. The summed E-state index contributed by atoms with van der Waals surface area (Å²) in [7, 11) is 0. The van der Waals surface area contributed by atoms with Gasteiger partial charge in [-0.15, -0.1) is 11.3 Å². The summed E-state index contributed by atoms with van der Waals surface area (Å²) in [6.07, 6.45) is 1.82. The number of anilines is 1. The average Bonchev–Trinajstić information content (AvgIpc) is 3.06. The monoisotopic (exact) mass is 393 g/mol. The van der Waals surface area contributed by atoms with E-state index in [9.17, 15) is 4.79 Å². The van der Waals surface area contributed by atoms with Gasteiger partial charge in [0.25, 0.3) is 5.91 Å². The molecule has 0 radical (unpaired) electrons. The van der Waals surface area contributed by atoms with Gasteiger partial charge in [-0.1, -0.05) is 30.7 Å². The molecule has 1 aromatic heterocycles. The molecule has 3 rings (SSSR count). The lowest BCUT2D eigenvalue weighted by Gasteiger charge is -2.29. The van der Waals surface area contributed by atoms with E-state index in [-0.39, 0.29) is 5.91 Å². The number of likely N-dealkylation sites (tertiary alicyclic amines) is 1. The van der Waals surface area contributed by atoms with Gasteiger partial charge in [0, 0.05) is 11.9 Å². The SMILES string of the molecule is CC1CCN(Cc2csc(NC(=O)C(C)Oc3ccccc3Cl)n2)CC1. The minimum atomic E-state index is -0.661. The van der Waals surface area contributed by atoms with Crippen LogP contribution in [0.25, 0.3) is 0 Å². The fourth-order valence-electron chi connectivity index (χ4n) is 2.88. The molecule has 1 fully saturated rings. The number of carbonyl (C=O) groups excluding carboxylic acids is 1. The van der Waals surface area contributed by atoms with Gasteiger partial charge in [0.2, 0.25) is 0 Å². The Morgan fingerprint density at radius 2 is 2.15 bits per heavy atom. The fraction of sp³-hybridized carbons (Fsp3) is 0.474. The number of rotatable bonds is 6. The van der Waals surface area contributed by atoms with E-state index >= 15 is 0 Å². The van der Waals surface area contributed by atoms with Crippen LogP contribution in [0.3, 0.4) is 0 Å². The van der Waals surface area contributed by atoms with Crippen molar-refractivity contribution < 1.29 is 9.53 Å². The predicted octanol–water partition coefficient (Wildman–Crippen LogP) is 4.43. The largest absolute Gasteiger partial charge is 0.479 e. The van der Waals surface area contributed by atoms with Crippen molar-refractivity contribution in [2.24, 2.45) is 5.92 Å². The van der Waals surface area contributed by atoms with E-state index in [1.807, 2.05) is 17.5 Å². The van der Waals surface area contributed by atoms with Gasteiger partial charge in [-0.3, -0.25) is 15.0 Å². The third kappa shape index (κ3) is 5.19. The highest BCUT2D eigenvalue weighted by molar-refractivity contribution is 7.13. The first-order valence-electron chi connectivity index (χ1n) is 8.90. The normalized spacial score (nSPS) is 17.0. The van der Waals surface area contributed by atoms with Crippen LogP contribution < -0.4 is 10.1 Å². The number of benzene rings is 1. The van der Waals surface area contributed by atoms with Crippen molar-refractivity contribution >= 4 is 34.0 Å². The zero-order chi connectivity index (χ0) is 18.5. The molecule has 1 saturated heterocycles. The van der Waals surface area contributed by atoms with Crippen molar-refractivity contribution in [2.45, 2.75) is 39.3 Å². The number of halogens is 1. The maximum Gasteiger partial charge on any atom is 0.266 e. The molecule has 26 heavy (non-hydrogen) atoms. The fourth-order valence-corrected chi connectivity index (χ4v) is 3.76. The second kappa shape index (κ2) is 8.84. The molecule has 1 aliphatic heterocycles. The van der Waals surface area contributed by atoms with E-state index in [2.05, 4.69) is 22.1 Å². The van der Waals surface area contributed by atoms with Gasteiger partial charge in [-0.05, 0) is 50.9 Å². The maximum absolute atomic E-state index is 12.3. The molecule has 140 valence electrons. The number of ether oxygens (including phenoxy) is 1. The van der Waals surface area contributed by atoms with E-state index in [0.29, 0.717) is 15.9 Å². The standard InChI is InChI=1S/C19H24ClN3O2S/c1-13-7-9-23(10-8-13)11-15-12-26-19(21-15)22-18(24)14(2)25-17-6-4-3-5-16(17)20/h3-6,12-14H,7-11H2,1-2H3,(H,21,22,24). The van der Waals surface area contributed by atoms with Gasteiger partial charge in [0.15, 0.2) is 11.2 Å². The van der Waals surface area contributed by atoms with E-state index < -0.39 is 6.10 Å². The number of para-hydroxylation sites is 1. The number of nitrogens with one attached hydrogen (secondary N) is 1. The Bertz CT molecular complexity index is 744. The van der Waals surface area contributed by atoms with Gasteiger partial charge in [0.05, 0.1) is 10.7 Å². The van der Waals surface area contributed by atoms with Crippen molar-refractivity contribution in [2.75, 3.05) is 18.4 Å². The van der Waals surface area contributed by atoms with Crippen molar-refractivity contribution in [1.82, 2.24) is 9.88 Å². The van der Waals surface area contributed by atoms with Crippen LogP contribution in [0.2, 0.25) is 5.02 Å². The summed E-state index contributed by atoms with van der Waals surface area (Å²) in [6.45, 7) is 7.07. The number of nitrogens with zero attached hydrogens (tertiary/aromatic N) is 2. The first kappa shape index (κ1) is 19.1. The van der Waals surface area contributed by atoms with Crippen LogP contribution in [0.1, 0.15) is 32.4 Å². The van der Waals surface area contributed by atoms with Crippen molar-refractivity contribution in [3.05, 3.63) is 40.4 Å². The highest BCUT2D eigenvalue weighted by atomic mass is 35.5. The first-order chi connectivity index (χ1) is 12.5. The highest BCUT2D eigenvalue weighted by Crippen LogP contribution is 2.25. The molecular formula is C19H24ClN3O2S. The summed E-state index contributed by atoms with van der Waals surface area (Å²) in [5.41, 5.74) is 1.000. The predicted molar refractivity (Wildman–Crippen MR) is 106 cm³/mol. The summed E-state index contributed by atoms with van der Waals surface area (Å²) in [5.74, 6) is 1.07. The van der Waals surface area contributed by atoms with E-state index in [4.69, 9.17) is 16.3 Å². The van der Waals surface area contributed by atoms with Gasteiger partial charge >= 0.3 is 0 Å². The number of amides is 1. The molecule has 1 atom stereocenters. The summed E-state index contributed by atoms with van der Waals surface area (Å²) in [6, 6.07) is 7.11. The number of thiazole rings is 1. The first-order valence-corrected chi connectivity index (χ1v) is 10.2. The molecule has 5 nitrogen and oxygen atoms in total. The van der Waals surface area contributed by atoms with Crippen molar-refractivity contribution in [1.29, 1.82) is 0 Å². The van der Waals surface area contributed by atoms with Gasteiger partial charge in [0.1, 0.15) is 5.75 Å². The van der Waals surface area contributed by atoms with Crippen molar-refractivity contribution in [3.8, 4) is 5.75 Å². The average molecular weight is 394 g/mol. The van der Waals surface area contributed by atoms with Crippen molar-refractivity contribution in [3.63, 3.8) is 0 Å². The van der Waals surface area contributed by atoms with E-state index in [0.717, 1.165) is 31.2 Å². The third-order valence-electron chi connectivity index (χ3n) is 4.55. The van der Waals surface area contributed by atoms with Gasteiger partial charge < -0.3 is 4.74 Å². The number of aromatic nitrogens is 1. The molecule has 1 aromatic carbocycles. The van der Waals surface area contributed by atoms with Crippen LogP contribution in [0.15, 0.2) is 29.6 Å². The van der Waals surface area contributed by atoms with E-state index in [1.165, 1.54) is 24.2 Å². The zero-order valence-corrected chi connectivity index (χ0v) is 16.6. The lowest BCUT2D eigenvalue weighted by molar-refractivity contribution is -0.122. The second-order valence-electron chi connectivity index (χ2n) is 6.78. The second-order valence-corrected chi connectivity index (χ2v) is 8.05. The molecule has 0 bridgehead atoms. The number of piperidine rings is 1. The van der Waals surface area contributed by atoms with Crippen LogP contribution in [-0.2, 0) is 11.3 Å². The molecule has 1 aliphatic rings. The molecule has 7 heteroatoms. The van der Waals surface area contributed by atoms with Crippen LogP contribution >= 0.6 is 22.9 Å². The van der Waals surface area contributed by atoms with Crippen LogP contribution in [0.5, 0.6) is 5.75 Å². The smallest absolute Gasteiger partial charge is 0.266 e. The molecular weight excluding hydrogens is 370 g/mol. The lowest BCUT2D eigenvalue weighted by Crippen LogP contribution is -2.32. The molecule has 0 aliphatic carbocycles. The third-order valence-corrected chi connectivity index (χ3v) is 5.67. The topological polar surface area (TPSA) is 54.5 Å². The van der Waals surface area contributed by atoms with Gasteiger partial charge in [-0.25, -0.2) is 4.98 Å². The Hall–Kier alpha value is -1.63. The molecule has 0 spiro atoms. The number of hydrogen-bond donors (Lipinski definition) is 1. The quantitative estimate of drug-likeness (QED) is 0.788. The summed E-state index contributed by atoms with van der Waals surface area (Å²) in [4.78, 5) is 19.3. The Morgan fingerprint density at radius 3 is 2.88 bits per heavy atom. The molecule has 2 heterocycles. The van der Waals surface area contributed by atoms with Crippen LogP contribution in [-0.4, -0.2) is 35.0 Å². The maximum atomic E-state index is 12.3. The van der Waals surface area contributed by atoms with E-state index in [1.54, 1.807) is 19.1 Å². The Morgan fingerprint density at radius 1 is 1.42 bits per heavy atom. The Kier molecular flexibility index (Phi) is 6.51. The Balaban J connectivity index is 1.51. The number of carbonyl (C=O) groups is 1. The molecule has 1 unspecified atom stereocenters. The van der Waals surface area contributed by atoms with Gasteiger partial charge in [-0.2, -0.15) is 0 Å². The number of hydrogen-bond acceptors (Lipinski definition) is 5. The summed E-state index contributed by atoms with van der Waals surface area (Å²) < 4.78 is 5.64. The molecule has 1 N–H and O–H groups in total. The molecule has 1 amide bonds. The summed E-state index contributed by atoms with van der Waals surface area (Å²) in [5, 5.41) is 5.92. The zero-order valence-electron chi connectivity index (χ0n) is 15.1. The molecule has 2 aromatic rings. The minimum Gasteiger partial charge on any atom is -0.479 e. The molecule has 0 saturated carbocycles. The van der Waals surface area contributed by atoms with Crippen LogP contribution in [0, 0.1) is 5.92 Å². The van der Waals surface area contributed by atoms with Crippen LogP contribution in [0.4, 0.5) is 5.13 Å². The Labute approximate surface area is 163 Å².